The maximum absolute atomic E-state index is 12.8. The average molecular weight is 364 g/mol. The van der Waals surface area contributed by atoms with Gasteiger partial charge in [-0.05, 0) is 38.0 Å². The van der Waals surface area contributed by atoms with Crippen LogP contribution in [0.5, 0.6) is 0 Å². The highest BCUT2D eigenvalue weighted by Crippen LogP contribution is 2.32. The molecule has 7 heteroatoms. The fourth-order valence-corrected chi connectivity index (χ4v) is 3.21. The third kappa shape index (κ3) is 3.96. The van der Waals surface area contributed by atoms with Crippen LogP contribution in [0, 0.1) is 0 Å². The Balaban J connectivity index is 1.73. The first-order chi connectivity index (χ1) is 12.0. The van der Waals surface area contributed by atoms with Crippen molar-refractivity contribution in [1.29, 1.82) is 0 Å². The van der Waals surface area contributed by atoms with Crippen LogP contribution in [-0.4, -0.2) is 42.6 Å². The predicted octanol–water partition coefficient (Wildman–Crippen LogP) is 2.61. The third-order valence-electron chi connectivity index (χ3n) is 4.25. The number of amides is 3. The van der Waals surface area contributed by atoms with E-state index in [4.69, 9.17) is 16.3 Å². The molecule has 0 aliphatic carbocycles. The van der Waals surface area contributed by atoms with Crippen LogP contribution in [0.3, 0.4) is 0 Å². The van der Waals surface area contributed by atoms with Crippen LogP contribution in [0.15, 0.2) is 35.5 Å². The molecule has 3 amide bonds. The molecule has 1 aromatic carbocycles. The Labute approximate surface area is 152 Å². The van der Waals surface area contributed by atoms with E-state index >= 15 is 0 Å². The first kappa shape index (κ1) is 17.8. The lowest BCUT2D eigenvalue weighted by molar-refractivity contribution is -0.126. The lowest BCUT2D eigenvalue weighted by atomic mass is 9.96. The van der Waals surface area contributed by atoms with Crippen molar-refractivity contribution in [3.8, 4) is 0 Å². The lowest BCUT2D eigenvalue weighted by Crippen LogP contribution is -2.44. The number of hydrogen-bond acceptors (Lipinski definition) is 3. The predicted molar refractivity (Wildman–Crippen MR) is 95.2 cm³/mol. The van der Waals surface area contributed by atoms with Gasteiger partial charge in [-0.15, -0.1) is 0 Å². The van der Waals surface area contributed by atoms with Crippen LogP contribution >= 0.6 is 11.6 Å². The number of halogens is 1. The normalized spacial score (nSPS) is 20.0. The van der Waals surface area contributed by atoms with E-state index in [0.29, 0.717) is 36.0 Å². The average Bonchev–Trinajstić information content (AvgIpc) is 2.87. The van der Waals surface area contributed by atoms with Crippen molar-refractivity contribution in [1.82, 2.24) is 15.5 Å². The molecule has 1 aromatic rings. The molecule has 25 heavy (non-hydrogen) atoms. The monoisotopic (exact) mass is 363 g/mol. The number of nitrogens with one attached hydrogen (secondary N) is 2. The second kappa shape index (κ2) is 7.45. The van der Waals surface area contributed by atoms with Crippen molar-refractivity contribution in [2.24, 2.45) is 0 Å². The summed E-state index contributed by atoms with van der Waals surface area (Å²) in [5.41, 5.74) is 2.12. The third-order valence-corrected chi connectivity index (χ3v) is 4.50. The van der Waals surface area contributed by atoms with E-state index in [1.807, 2.05) is 26.0 Å². The Morgan fingerprint density at radius 3 is 2.68 bits per heavy atom. The number of carbonyl (C=O) groups is 2. The molecular weight excluding hydrogens is 342 g/mol. The highest BCUT2D eigenvalue weighted by molar-refractivity contribution is 6.30. The van der Waals surface area contributed by atoms with Gasteiger partial charge in [-0.3, -0.25) is 4.79 Å². The van der Waals surface area contributed by atoms with Gasteiger partial charge in [-0.25, -0.2) is 4.79 Å². The summed E-state index contributed by atoms with van der Waals surface area (Å²) in [4.78, 5) is 26.6. The summed E-state index contributed by atoms with van der Waals surface area (Å²) in [5.74, 6) is -0.0491. The van der Waals surface area contributed by atoms with Gasteiger partial charge in [0.25, 0.3) is 5.91 Å². The molecule has 134 valence electrons. The smallest absolute Gasteiger partial charge is 0.319 e. The lowest BCUT2D eigenvalue weighted by Gasteiger charge is -2.25. The molecule has 0 aromatic heterocycles. The molecule has 0 saturated heterocycles. The summed E-state index contributed by atoms with van der Waals surface area (Å²) in [7, 11) is 0. The van der Waals surface area contributed by atoms with Crippen molar-refractivity contribution in [3.05, 3.63) is 46.1 Å². The summed E-state index contributed by atoms with van der Waals surface area (Å²) in [5, 5.41) is 6.22. The van der Waals surface area contributed by atoms with Gasteiger partial charge in [0.05, 0.1) is 30.0 Å². The van der Waals surface area contributed by atoms with E-state index < -0.39 is 6.04 Å². The fraction of sp³-hybridized carbons (Fsp3) is 0.444. The summed E-state index contributed by atoms with van der Waals surface area (Å²) >= 11 is 5.94. The molecule has 0 radical (unpaired) electrons. The van der Waals surface area contributed by atoms with Gasteiger partial charge >= 0.3 is 6.03 Å². The quantitative estimate of drug-likeness (QED) is 0.763. The number of nitrogens with zero attached hydrogens (tertiary/aromatic N) is 1. The maximum atomic E-state index is 12.8. The number of urea groups is 1. The summed E-state index contributed by atoms with van der Waals surface area (Å²) in [6.45, 7) is 5.60. The molecule has 3 rings (SSSR count). The van der Waals surface area contributed by atoms with Gasteiger partial charge < -0.3 is 20.3 Å². The molecule has 1 atom stereocenters. The molecule has 0 spiro atoms. The van der Waals surface area contributed by atoms with Crippen molar-refractivity contribution in [3.63, 3.8) is 0 Å². The molecule has 2 N–H and O–H groups in total. The van der Waals surface area contributed by atoms with Crippen molar-refractivity contribution >= 4 is 23.5 Å². The van der Waals surface area contributed by atoms with E-state index in [1.165, 1.54) is 0 Å². The first-order valence-electron chi connectivity index (χ1n) is 8.42. The number of ether oxygens (including phenoxy) is 1. The van der Waals surface area contributed by atoms with Crippen LogP contribution < -0.4 is 10.6 Å². The molecule has 0 bridgehead atoms. The Morgan fingerprint density at radius 2 is 2.00 bits per heavy atom. The zero-order chi connectivity index (χ0) is 18.0. The topological polar surface area (TPSA) is 70.7 Å². The highest BCUT2D eigenvalue weighted by Gasteiger charge is 2.40. The molecule has 6 nitrogen and oxygen atoms in total. The molecule has 0 saturated carbocycles. The Bertz CT molecular complexity index is 700. The Kier molecular flexibility index (Phi) is 5.30. The molecule has 2 heterocycles. The minimum Gasteiger partial charge on any atom is -0.379 e. The molecular formula is C18H22ClN3O3. The Hall–Kier alpha value is -2.05. The van der Waals surface area contributed by atoms with Crippen LogP contribution in [0.25, 0.3) is 0 Å². The van der Waals surface area contributed by atoms with Gasteiger partial charge in [0.15, 0.2) is 0 Å². The largest absolute Gasteiger partial charge is 0.379 e. The molecule has 0 unspecified atom stereocenters. The minimum atomic E-state index is -0.453. The van der Waals surface area contributed by atoms with E-state index in [2.05, 4.69) is 10.6 Å². The van der Waals surface area contributed by atoms with E-state index in [-0.39, 0.29) is 18.0 Å². The summed E-state index contributed by atoms with van der Waals surface area (Å²) in [6, 6.07) is 6.42. The van der Waals surface area contributed by atoms with Crippen molar-refractivity contribution in [2.75, 3.05) is 19.7 Å². The Morgan fingerprint density at radius 1 is 1.28 bits per heavy atom. The maximum Gasteiger partial charge on any atom is 0.319 e. The zero-order valence-electron chi connectivity index (χ0n) is 14.3. The van der Waals surface area contributed by atoms with E-state index in [1.54, 1.807) is 17.0 Å². The molecule has 2 aliphatic rings. The SMILES string of the molecule is CC(C)OCCCN1CC2=C(C1=O)[C@H](c1ccc(Cl)cc1)NC(=O)N2. The molecule has 0 fully saturated rings. The second-order valence-corrected chi connectivity index (χ2v) is 6.91. The van der Waals surface area contributed by atoms with Gasteiger partial charge in [0, 0.05) is 18.2 Å². The number of benzene rings is 1. The van der Waals surface area contributed by atoms with Crippen LogP contribution in [-0.2, 0) is 9.53 Å². The van der Waals surface area contributed by atoms with Crippen LogP contribution in [0.1, 0.15) is 31.9 Å². The standard InChI is InChI=1S/C18H22ClN3O3/c1-11(2)25-9-3-8-22-10-14-15(17(22)23)16(21-18(24)20-14)12-4-6-13(19)7-5-12/h4-7,11,16H,3,8-10H2,1-2H3,(H2,20,21,24)/t16-/m0/s1. The van der Waals surface area contributed by atoms with E-state index in [9.17, 15) is 9.59 Å². The zero-order valence-corrected chi connectivity index (χ0v) is 15.1. The fourth-order valence-electron chi connectivity index (χ4n) is 3.09. The summed E-state index contributed by atoms with van der Waals surface area (Å²) in [6.07, 6.45) is 0.940. The number of hydrogen-bond donors (Lipinski definition) is 2. The van der Waals surface area contributed by atoms with Crippen LogP contribution in [0.2, 0.25) is 5.02 Å². The van der Waals surface area contributed by atoms with Gasteiger partial charge in [-0.1, -0.05) is 23.7 Å². The minimum absolute atomic E-state index is 0.0491. The summed E-state index contributed by atoms with van der Waals surface area (Å²) < 4.78 is 5.53. The van der Waals surface area contributed by atoms with Crippen LogP contribution in [0.4, 0.5) is 4.79 Å². The van der Waals surface area contributed by atoms with E-state index in [0.717, 1.165) is 12.0 Å². The number of carbonyl (C=O) groups excluding carboxylic acids is 2. The van der Waals surface area contributed by atoms with Crippen molar-refractivity contribution in [2.45, 2.75) is 32.4 Å². The van der Waals surface area contributed by atoms with Gasteiger partial charge in [-0.2, -0.15) is 0 Å². The van der Waals surface area contributed by atoms with Crippen molar-refractivity contribution < 1.29 is 14.3 Å². The van der Waals surface area contributed by atoms with Gasteiger partial charge in [0.1, 0.15) is 0 Å². The number of rotatable bonds is 6. The first-order valence-corrected chi connectivity index (χ1v) is 8.80. The second-order valence-electron chi connectivity index (χ2n) is 6.48. The molecule has 2 aliphatic heterocycles. The highest BCUT2D eigenvalue weighted by atomic mass is 35.5. The van der Waals surface area contributed by atoms with Gasteiger partial charge in [0.2, 0.25) is 0 Å².